The predicted octanol–water partition coefficient (Wildman–Crippen LogP) is 3.85. The second kappa shape index (κ2) is 12.2. The molecule has 0 unspecified atom stereocenters. The number of amides is 1. The van der Waals surface area contributed by atoms with Gasteiger partial charge in [-0.2, -0.15) is 5.06 Å². The molecule has 6 heteroatoms. The fourth-order valence-corrected chi connectivity index (χ4v) is 4.82. The van der Waals surface area contributed by atoms with Crippen LogP contribution in [0.2, 0.25) is 0 Å². The molecule has 0 bridgehead atoms. The fraction of sp³-hybridized carbons (Fsp3) is 0.483. The zero-order valence-corrected chi connectivity index (χ0v) is 20.8. The highest BCUT2D eigenvalue weighted by atomic mass is 16.7. The Hall–Kier alpha value is -2.85. The Labute approximate surface area is 209 Å². The van der Waals surface area contributed by atoms with Crippen molar-refractivity contribution in [3.05, 3.63) is 65.7 Å². The third kappa shape index (κ3) is 7.32. The second-order valence-corrected chi connectivity index (χ2v) is 9.78. The first-order valence-electron chi connectivity index (χ1n) is 12.9. The summed E-state index contributed by atoms with van der Waals surface area (Å²) in [4.78, 5) is 20.9. The Kier molecular flexibility index (Phi) is 8.81. The molecule has 6 nitrogen and oxygen atoms in total. The van der Waals surface area contributed by atoms with Gasteiger partial charge in [0.15, 0.2) is 0 Å². The van der Waals surface area contributed by atoms with Gasteiger partial charge in [-0.25, -0.2) is 0 Å². The van der Waals surface area contributed by atoms with E-state index in [2.05, 4.69) is 53.4 Å². The molecule has 1 saturated carbocycles. The van der Waals surface area contributed by atoms with Crippen LogP contribution in [0.25, 0.3) is 0 Å². The van der Waals surface area contributed by atoms with Crippen LogP contribution in [-0.4, -0.2) is 49.3 Å². The molecule has 2 aliphatic rings. The van der Waals surface area contributed by atoms with Crippen molar-refractivity contribution in [2.45, 2.75) is 63.1 Å². The Morgan fingerprint density at radius 2 is 1.97 bits per heavy atom. The number of benzene rings is 2. The van der Waals surface area contributed by atoms with Crippen molar-refractivity contribution in [2.24, 2.45) is 5.73 Å². The van der Waals surface area contributed by atoms with E-state index in [9.17, 15) is 4.79 Å². The first kappa shape index (κ1) is 25.2. The number of hydrogen-bond acceptors (Lipinski definition) is 5. The minimum Gasteiger partial charge on any atom is -0.375 e. The van der Waals surface area contributed by atoms with Crippen LogP contribution in [0.1, 0.15) is 56.1 Å². The SMILES string of the molecule is CN(CCCNC(=O)[C@@H]1CCON1Cc1cccc(C#CC2(N)CCCCC2)c1)c1ccccc1. The standard InChI is InChI=1S/C29H38N4O2/c1-32(26-12-4-2-5-13-26)20-9-19-31-28(34)27-15-21-35-33(27)23-25-11-8-10-24(22-25)14-18-29(30)16-6-3-7-17-29/h2,4-5,8,10-13,22,27H,3,6-7,9,15-17,19-21,23,30H2,1H3,(H,31,34)/t27-/m0/s1. The highest BCUT2D eigenvalue weighted by Crippen LogP contribution is 2.25. The summed E-state index contributed by atoms with van der Waals surface area (Å²) in [5.74, 6) is 6.65. The number of anilines is 1. The van der Waals surface area contributed by atoms with Gasteiger partial charge in [-0.05, 0) is 55.5 Å². The summed E-state index contributed by atoms with van der Waals surface area (Å²) in [6.07, 6.45) is 7.10. The lowest BCUT2D eigenvalue weighted by Crippen LogP contribution is -2.43. The molecule has 2 fully saturated rings. The van der Waals surface area contributed by atoms with Crippen LogP contribution in [0.15, 0.2) is 54.6 Å². The Morgan fingerprint density at radius 3 is 2.77 bits per heavy atom. The van der Waals surface area contributed by atoms with E-state index in [1.807, 2.05) is 35.4 Å². The lowest BCUT2D eigenvalue weighted by Gasteiger charge is -2.27. The number of para-hydroxylation sites is 1. The first-order chi connectivity index (χ1) is 17.0. The molecule has 1 saturated heterocycles. The topological polar surface area (TPSA) is 70.8 Å². The number of hydrogen-bond donors (Lipinski definition) is 2. The van der Waals surface area contributed by atoms with Gasteiger partial charge in [0.25, 0.3) is 0 Å². The lowest BCUT2D eigenvalue weighted by molar-refractivity contribution is -0.156. The van der Waals surface area contributed by atoms with Crippen molar-refractivity contribution in [3.63, 3.8) is 0 Å². The average molecular weight is 475 g/mol. The van der Waals surface area contributed by atoms with Crippen molar-refractivity contribution in [1.82, 2.24) is 10.4 Å². The zero-order valence-electron chi connectivity index (χ0n) is 20.8. The highest BCUT2D eigenvalue weighted by Gasteiger charge is 2.32. The number of nitrogens with two attached hydrogens (primary N) is 1. The number of nitrogens with zero attached hydrogens (tertiary/aromatic N) is 2. The van der Waals surface area contributed by atoms with Crippen molar-refractivity contribution in [1.29, 1.82) is 0 Å². The summed E-state index contributed by atoms with van der Waals surface area (Å²) in [7, 11) is 2.07. The van der Waals surface area contributed by atoms with Crippen LogP contribution in [-0.2, 0) is 16.2 Å². The van der Waals surface area contributed by atoms with Gasteiger partial charge in [-0.3, -0.25) is 9.63 Å². The van der Waals surface area contributed by atoms with E-state index in [1.54, 1.807) is 0 Å². The van der Waals surface area contributed by atoms with E-state index in [1.165, 1.54) is 12.1 Å². The van der Waals surface area contributed by atoms with E-state index in [0.717, 1.165) is 49.8 Å². The van der Waals surface area contributed by atoms with Gasteiger partial charge in [-0.1, -0.05) is 61.4 Å². The van der Waals surface area contributed by atoms with Crippen molar-refractivity contribution in [3.8, 4) is 11.8 Å². The molecule has 35 heavy (non-hydrogen) atoms. The molecule has 2 aromatic carbocycles. The number of carbonyl (C=O) groups is 1. The van der Waals surface area contributed by atoms with Gasteiger partial charge in [0.05, 0.1) is 18.7 Å². The van der Waals surface area contributed by atoms with E-state index < -0.39 is 0 Å². The number of nitrogens with one attached hydrogen (secondary N) is 1. The van der Waals surface area contributed by atoms with E-state index >= 15 is 0 Å². The molecular weight excluding hydrogens is 436 g/mol. The lowest BCUT2D eigenvalue weighted by atomic mass is 9.83. The maximum Gasteiger partial charge on any atom is 0.239 e. The second-order valence-electron chi connectivity index (χ2n) is 9.78. The van der Waals surface area contributed by atoms with Crippen LogP contribution >= 0.6 is 0 Å². The summed E-state index contributed by atoms with van der Waals surface area (Å²) in [5, 5.41) is 4.90. The molecule has 4 rings (SSSR count). The van der Waals surface area contributed by atoms with Gasteiger partial charge in [-0.15, -0.1) is 0 Å². The minimum atomic E-state index is -0.356. The molecule has 186 valence electrons. The van der Waals surface area contributed by atoms with Gasteiger partial charge >= 0.3 is 0 Å². The molecular formula is C29H38N4O2. The van der Waals surface area contributed by atoms with E-state index in [0.29, 0.717) is 26.1 Å². The van der Waals surface area contributed by atoms with Gasteiger partial charge in [0.2, 0.25) is 5.91 Å². The number of rotatable bonds is 8. The first-order valence-corrected chi connectivity index (χ1v) is 12.9. The minimum absolute atomic E-state index is 0.0307. The average Bonchev–Trinajstić information content (AvgIpc) is 3.34. The van der Waals surface area contributed by atoms with Gasteiger partial charge < -0.3 is 16.0 Å². The molecule has 1 heterocycles. The molecule has 1 aliphatic carbocycles. The fourth-order valence-electron chi connectivity index (χ4n) is 4.82. The van der Waals surface area contributed by atoms with Crippen molar-refractivity contribution < 1.29 is 9.63 Å². The van der Waals surface area contributed by atoms with Crippen molar-refractivity contribution in [2.75, 3.05) is 31.6 Å². The van der Waals surface area contributed by atoms with Crippen LogP contribution in [0.4, 0.5) is 5.69 Å². The quantitative estimate of drug-likeness (QED) is 0.449. The monoisotopic (exact) mass is 474 g/mol. The third-order valence-corrected chi connectivity index (χ3v) is 6.93. The molecule has 0 spiro atoms. The molecule has 1 amide bonds. The Balaban J connectivity index is 1.26. The van der Waals surface area contributed by atoms with Gasteiger partial charge in [0.1, 0.15) is 6.04 Å². The van der Waals surface area contributed by atoms with Crippen LogP contribution in [0, 0.1) is 11.8 Å². The summed E-state index contributed by atoms with van der Waals surface area (Å²) >= 11 is 0. The van der Waals surface area contributed by atoms with Crippen LogP contribution in [0.3, 0.4) is 0 Å². The zero-order chi connectivity index (χ0) is 24.5. The maximum absolute atomic E-state index is 12.9. The highest BCUT2D eigenvalue weighted by molar-refractivity contribution is 5.81. The maximum atomic E-state index is 12.9. The van der Waals surface area contributed by atoms with Gasteiger partial charge in [0, 0.05) is 31.4 Å². The molecule has 2 aromatic rings. The largest absolute Gasteiger partial charge is 0.375 e. The summed E-state index contributed by atoms with van der Waals surface area (Å²) in [6, 6.07) is 18.2. The summed E-state index contributed by atoms with van der Waals surface area (Å²) in [6.45, 7) is 2.64. The van der Waals surface area contributed by atoms with E-state index in [4.69, 9.17) is 10.6 Å². The van der Waals surface area contributed by atoms with Crippen LogP contribution in [0.5, 0.6) is 0 Å². The summed E-state index contributed by atoms with van der Waals surface area (Å²) < 4.78 is 0. The molecule has 0 aromatic heterocycles. The Morgan fingerprint density at radius 1 is 1.17 bits per heavy atom. The Bertz CT molecular complexity index is 1020. The van der Waals surface area contributed by atoms with Crippen molar-refractivity contribution >= 4 is 11.6 Å². The smallest absolute Gasteiger partial charge is 0.239 e. The summed E-state index contributed by atoms with van der Waals surface area (Å²) in [5.41, 5.74) is 9.34. The molecule has 1 aliphatic heterocycles. The number of hydroxylamine groups is 2. The normalized spacial score (nSPS) is 19.5. The predicted molar refractivity (Wildman–Crippen MR) is 141 cm³/mol. The molecule has 1 atom stereocenters. The third-order valence-electron chi connectivity index (χ3n) is 6.93. The molecule has 3 N–H and O–H groups in total. The van der Waals surface area contributed by atoms with E-state index in [-0.39, 0.29) is 17.5 Å². The van der Waals surface area contributed by atoms with Crippen LogP contribution < -0.4 is 16.0 Å². The number of carbonyl (C=O) groups excluding carboxylic acids is 1. The molecule has 0 radical (unpaired) electrons.